The number of carboxylic acids is 1. The van der Waals surface area contributed by atoms with E-state index in [1.165, 1.54) is 4.68 Å². The molecule has 2 rings (SSSR count). The number of carbonyl (C=O) groups is 1. The van der Waals surface area contributed by atoms with Crippen LogP contribution in [-0.4, -0.2) is 26.0 Å². The van der Waals surface area contributed by atoms with Gasteiger partial charge in [0.1, 0.15) is 10.9 Å². The van der Waals surface area contributed by atoms with Crippen LogP contribution in [0.1, 0.15) is 17.5 Å². The van der Waals surface area contributed by atoms with Gasteiger partial charge in [0.25, 0.3) is 0 Å². The highest BCUT2D eigenvalue weighted by molar-refractivity contribution is 6.30. The molecule has 2 aromatic rings. The Balaban J connectivity index is 2.14. The van der Waals surface area contributed by atoms with Gasteiger partial charge in [-0.1, -0.05) is 29.8 Å². The molecule has 0 aliphatic heterocycles. The summed E-state index contributed by atoms with van der Waals surface area (Å²) in [5, 5.41) is 22.8. The fourth-order valence-electron chi connectivity index (χ4n) is 1.73. The van der Waals surface area contributed by atoms with Crippen LogP contribution in [0.15, 0.2) is 30.5 Å². The molecule has 0 spiro atoms. The lowest BCUT2D eigenvalue weighted by Crippen LogP contribution is -2.02. The monoisotopic (exact) mass is 280 g/mol. The van der Waals surface area contributed by atoms with Gasteiger partial charge in [-0.05, 0) is 12.5 Å². The van der Waals surface area contributed by atoms with E-state index in [2.05, 4.69) is 5.10 Å². The largest absolute Gasteiger partial charge is 0.508 e. The first-order valence-electron chi connectivity index (χ1n) is 5.77. The van der Waals surface area contributed by atoms with Gasteiger partial charge in [-0.15, -0.1) is 0 Å². The van der Waals surface area contributed by atoms with Crippen molar-refractivity contribution in [3.8, 4) is 5.75 Å². The first-order valence-corrected chi connectivity index (χ1v) is 6.14. The number of carboxylic acid groups (broad SMARTS) is 1. The Morgan fingerprint density at radius 2 is 2.05 bits per heavy atom. The molecule has 0 bridgehead atoms. The van der Waals surface area contributed by atoms with E-state index in [9.17, 15) is 9.90 Å². The van der Waals surface area contributed by atoms with Crippen molar-refractivity contribution in [3.05, 3.63) is 46.7 Å². The van der Waals surface area contributed by atoms with Gasteiger partial charge < -0.3 is 10.2 Å². The van der Waals surface area contributed by atoms with E-state index in [0.717, 1.165) is 0 Å². The molecule has 0 amide bonds. The van der Waals surface area contributed by atoms with E-state index in [-0.39, 0.29) is 12.2 Å². The maximum absolute atomic E-state index is 10.5. The summed E-state index contributed by atoms with van der Waals surface area (Å²) in [5.41, 5.74) is 1.40. The third kappa shape index (κ3) is 3.26. The maximum Gasteiger partial charge on any atom is 0.303 e. The summed E-state index contributed by atoms with van der Waals surface area (Å²) >= 11 is 6.14. The van der Waals surface area contributed by atoms with Gasteiger partial charge in [0, 0.05) is 17.5 Å². The van der Waals surface area contributed by atoms with Crippen molar-refractivity contribution < 1.29 is 15.0 Å². The minimum Gasteiger partial charge on any atom is -0.508 e. The summed E-state index contributed by atoms with van der Waals surface area (Å²) in [5.74, 6) is -0.689. The van der Waals surface area contributed by atoms with Crippen molar-refractivity contribution in [1.82, 2.24) is 9.78 Å². The Kier molecular flexibility index (Phi) is 4.06. The van der Waals surface area contributed by atoms with E-state index in [1.54, 1.807) is 24.4 Å². The minimum atomic E-state index is -0.871. The molecule has 0 atom stereocenters. The molecule has 6 heteroatoms. The second kappa shape index (κ2) is 5.75. The molecule has 0 radical (unpaired) electrons. The zero-order valence-corrected chi connectivity index (χ0v) is 10.8. The number of rotatable bonds is 5. The van der Waals surface area contributed by atoms with E-state index in [0.29, 0.717) is 29.2 Å². The van der Waals surface area contributed by atoms with Gasteiger partial charge in [0.15, 0.2) is 0 Å². The highest BCUT2D eigenvalue weighted by Crippen LogP contribution is 2.22. The predicted octanol–water partition coefficient (Wildman–Crippen LogP) is 2.31. The standard InChI is InChI=1S/C13H13ClN2O3/c14-13-9(5-6-12(18)19)7-15-16(13)8-10-3-1-2-4-11(10)17/h1-4,7,17H,5-6,8H2,(H,18,19). The summed E-state index contributed by atoms with van der Waals surface area (Å²) in [7, 11) is 0. The Morgan fingerprint density at radius 3 is 2.74 bits per heavy atom. The van der Waals surface area contributed by atoms with Crippen molar-refractivity contribution in [2.24, 2.45) is 0 Å². The molecule has 1 aromatic carbocycles. The molecule has 100 valence electrons. The zero-order valence-electron chi connectivity index (χ0n) is 10.1. The minimum absolute atomic E-state index is 0.0159. The smallest absolute Gasteiger partial charge is 0.303 e. The third-order valence-corrected chi connectivity index (χ3v) is 3.20. The SMILES string of the molecule is O=C(O)CCc1cnn(Cc2ccccc2O)c1Cl. The Morgan fingerprint density at radius 1 is 1.32 bits per heavy atom. The molecular weight excluding hydrogens is 268 g/mol. The lowest BCUT2D eigenvalue weighted by atomic mass is 10.2. The van der Waals surface area contributed by atoms with Crippen LogP contribution >= 0.6 is 11.6 Å². The lowest BCUT2D eigenvalue weighted by molar-refractivity contribution is -0.136. The number of halogens is 1. The van der Waals surface area contributed by atoms with Crippen LogP contribution < -0.4 is 0 Å². The summed E-state index contributed by atoms with van der Waals surface area (Å²) < 4.78 is 1.54. The molecule has 0 unspecified atom stereocenters. The Hall–Kier alpha value is -2.01. The average molecular weight is 281 g/mol. The summed E-state index contributed by atoms with van der Waals surface area (Å²) in [6.07, 6.45) is 1.92. The molecule has 0 aliphatic carbocycles. The highest BCUT2D eigenvalue weighted by atomic mass is 35.5. The van der Waals surface area contributed by atoms with Crippen LogP contribution in [0.5, 0.6) is 5.75 Å². The number of hydrogen-bond donors (Lipinski definition) is 2. The number of aromatic hydroxyl groups is 1. The first-order chi connectivity index (χ1) is 9.08. The van der Waals surface area contributed by atoms with Crippen LogP contribution in [0.4, 0.5) is 0 Å². The lowest BCUT2D eigenvalue weighted by Gasteiger charge is -2.06. The number of phenolic OH excluding ortho intramolecular Hbond substituents is 1. The van der Waals surface area contributed by atoms with Crippen LogP contribution in [0.2, 0.25) is 5.15 Å². The maximum atomic E-state index is 10.5. The van der Waals surface area contributed by atoms with Gasteiger partial charge in [0.2, 0.25) is 0 Å². The average Bonchev–Trinajstić information content (AvgIpc) is 2.71. The second-order valence-corrected chi connectivity index (χ2v) is 4.50. The van der Waals surface area contributed by atoms with E-state index in [1.807, 2.05) is 6.07 Å². The van der Waals surface area contributed by atoms with Crippen molar-refractivity contribution in [3.63, 3.8) is 0 Å². The number of aryl methyl sites for hydroxylation is 1. The van der Waals surface area contributed by atoms with Crippen LogP contribution in [0.3, 0.4) is 0 Å². The highest BCUT2D eigenvalue weighted by Gasteiger charge is 2.11. The van der Waals surface area contributed by atoms with Crippen molar-refractivity contribution in [2.75, 3.05) is 0 Å². The van der Waals surface area contributed by atoms with Crippen LogP contribution in [0, 0.1) is 0 Å². The normalized spacial score (nSPS) is 10.6. The quantitative estimate of drug-likeness (QED) is 0.881. The number of para-hydroxylation sites is 1. The number of phenols is 1. The third-order valence-electron chi connectivity index (χ3n) is 2.76. The van der Waals surface area contributed by atoms with Gasteiger partial charge in [-0.3, -0.25) is 4.79 Å². The molecular formula is C13H13ClN2O3. The fraction of sp³-hybridized carbons (Fsp3) is 0.231. The molecule has 5 nitrogen and oxygen atoms in total. The number of aromatic nitrogens is 2. The number of hydrogen-bond acceptors (Lipinski definition) is 3. The van der Waals surface area contributed by atoms with Crippen LogP contribution in [0.25, 0.3) is 0 Å². The summed E-state index contributed by atoms with van der Waals surface area (Å²) in [6, 6.07) is 6.93. The van der Waals surface area contributed by atoms with Crippen molar-refractivity contribution in [2.45, 2.75) is 19.4 Å². The molecule has 0 saturated carbocycles. The van der Waals surface area contributed by atoms with E-state index < -0.39 is 5.97 Å². The number of nitrogens with zero attached hydrogens (tertiary/aromatic N) is 2. The molecule has 0 saturated heterocycles. The van der Waals surface area contributed by atoms with E-state index in [4.69, 9.17) is 16.7 Å². The second-order valence-electron chi connectivity index (χ2n) is 4.14. The summed E-state index contributed by atoms with van der Waals surface area (Å²) in [4.78, 5) is 10.5. The molecule has 1 heterocycles. The first kappa shape index (κ1) is 13.4. The molecule has 19 heavy (non-hydrogen) atoms. The van der Waals surface area contributed by atoms with Gasteiger partial charge in [-0.2, -0.15) is 5.10 Å². The number of aliphatic carboxylic acids is 1. The summed E-state index contributed by atoms with van der Waals surface area (Å²) in [6.45, 7) is 0.346. The van der Waals surface area contributed by atoms with Crippen molar-refractivity contribution in [1.29, 1.82) is 0 Å². The van der Waals surface area contributed by atoms with Gasteiger partial charge in [0.05, 0.1) is 12.7 Å². The van der Waals surface area contributed by atoms with E-state index >= 15 is 0 Å². The van der Waals surface area contributed by atoms with Gasteiger partial charge in [-0.25, -0.2) is 4.68 Å². The molecule has 0 aliphatic rings. The molecule has 0 fully saturated rings. The molecule has 2 N–H and O–H groups in total. The fourth-order valence-corrected chi connectivity index (χ4v) is 1.98. The van der Waals surface area contributed by atoms with Crippen LogP contribution in [-0.2, 0) is 17.8 Å². The predicted molar refractivity (Wildman–Crippen MR) is 70.4 cm³/mol. The Labute approximate surface area is 115 Å². The van der Waals surface area contributed by atoms with Crippen molar-refractivity contribution >= 4 is 17.6 Å². The zero-order chi connectivity index (χ0) is 13.8. The number of benzene rings is 1. The topological polar surface area (TPSA) is 75.3 Å². The Bertz CT molecular complexity index is 595. The van der Waals surface area contributed by atoms with Gasteiger partial charge >= 0.3 is 5.97 Å². The molecule has 1 aromatic heterocycles.